The molecule has 1 aromatic carbocycles. The molecule has 3 rings (SSSR count). The fourth-order valence-corrected chi connectivity index (χ4v) is 2.89. The van der Waals surface area contributed by atoms with E-state index in [1.54, 1.807) is 0 Å². The zero-order valence-corrected chi connectivity index (χ0v) is 11.3. The molecule has 4 heteroatoms. The van der Waals surface area contributed by atoms with E-state index in [4.69, 9.17) is 10.5 Å². The fourth-order valence-electron chi connectivity index (χ4n) is 2.89. The molecule has 0 radical (unpaired) electrons. The molecule has 2 aliphatic rings. The molecule has 0 saturated carbocycles. The van der Waals surface area contributed by atoms with Crippen molar-refractivity contribution in [1.82, 2.24) is 5.32 Å². The SMILES string of the molecule is Cl.N[C@@H](c1ccc2c(c1)CCO2)C1CCNCC1. The minimum Gasteiger partial charge on any atom is -0.493 e. The number of hydrogen-bond acceptors (Lipinski definition) is 3. The van der Waals surface area contributed by atoms with Gasteiger partial charge in [0.1, 0.15) is 5.75 Å². The Morgan fingerprint density at radius 3 is 2.83 bits per heavy atom. The standard InChI is InChI=1S/C14H20N2O.ClH/c15-14(10-3-6-16-7-4-10)12-1-2-13-11(9-12)5-8-17-13;/h1-2,9-10,14,16H,3-8,15H2;1H/t14-;/m1./s1. The van der Waals surface area contributed by atoms with Gasteiger partial charge in [0.25, 0.3) is 0 Å². The van der Waals surface area contributed by atoms with Crippen LogP contribution in [0.2, 0.25) is 0 Å². The van der Waals surface area contributed by atoms with Crippen molar-refractivity contribution in [3.8, 4) is 5.75 Å². The quantitative estimate of drug-likeness (QED) is 0.863. The van der Waals surface area contributed by atoms with Gasteiger partial charge in [-0.3, -0.25) is 0 Å². The third-order valence-electron chi connectivity index (χ3n) is 3.99. The molecule has 100 valence electrons. The lowest BCUT2D eigenvalue weighted by Crippen LogP contribution is -2.33. The molecule has 0 aliphatic carbocycles. The average Bonchev–Trinajstić information content (AvgIpc) is 2.86. The maximum Gasteiger partial charge on any atom is 0.122 e. The van der Waals surface area contributed by atoms with Gasteiger partial charge in [0, 0.05) is 12.5 Å². The van der Waals surface area contributed by atoms with Crippen LogP contribution in [0, 0.1) is 5.92 Å². The van der Waals surface area contributed by atoms with Gasteiger partial charge in [-0.05, 0) is 49.0 Å². The van der Waals surface area contributed by atoms with Gasteiger partial charge in [-0.25, -0.2) is 0 Å². The fraction of sp³-hybridized carbons (Fsp3) is 0.571. The lowest BCUT2D eigenvalue weighted by atomic mass is 9.86. The molecular formula is C14H21ClN2O. The van der Waals surface area contributed by atoms with Gasteiger partial charge in [-0.1, -0.05) is 12.1 Å². The zero-order valence-electron chi connectivity index (χ0n) is 10.5. The van der Waals surface area contributed by atoms with Crippen LogP contribution in [0.1, 0.15) is 30.0 Å². The Labute approximate surface area is 114 Å². The molecule has 0 unspecified atom stereocenters. The summed E-state index contributed by atoms with van der Waals surface area (Å²) in [6.45, 7) is 3.03. The van der Waals surface area contributed by atoms with Crippen LogP contribution >= 0.6 is 12.4 Å². The number of hydrogen-bond donors (Lipinski definition) is 2. The molecule has 1 atom stereocenters. The summed E-state index contributed by atoms with van der Waals surface area (Å²) in [7, 11) is 0. The predicted octanol–water partition coefficient (Wildman–Crippen LogP) is 2.04. The minimum atomic E-state index is 0. The highest BCUT2D eigenvalue weighted by atomic mass is 35.5. The summed E-state index contributed by atoms with van der Waals surface area (Å²) < 4.78 is 5.53. The van der Waals surface area contributed by atoms with Crippen LogP contribution in [-0.4, -0.2) is 19.7 Å². The lowest BCUT2D eigenvalue weighted by molar-refractivity contribution is 0.322. The Morgan fingerprint density at radius 1 is 1.28 bits per heavy atom. The zero-order chi connectivity index (χ0) is 11.7. The maximum absolute atomic E-state index is 6.40. The van der Waals surface area contributed by atoms with Crippen molar-refractivity contribution in [2.24, 2.45) is 11.7 Å². The first kappa shape index (κ1) is 13.7. The smallest absolute Gasteiger partial charge is 0.122 e. The second-order valence-corrected chi connectivity index (χ2v) is 5.08. The molecule has 1 fully saturated rings. The first-order valence-electron chi connectivity index (χ1n) is 6.56. The Kier molecular flexibility index (Phi) is 4.49. The Balaban J connectivity index is 0.00000120. The molecular weight excluding hydrogens is 248 g/mol. The van der Waals surface area contributed by atoms with E-state index in [-0.39, 0.29) is 18.4 Å². The van der Waals surface area contributed by atoms with Crippen molar-refractivity contribution < 1.29 is 4.74 Å². The van der Waals surface area contributed by atoms with Gasteiger partial charge in [-0.2, -0.15) is 0 Å². The number of piperidine rings is 1. The summed E-state index contributed by atoms with van der Waals surface area (Å²) in [5, 5.41) is 3.39. The van der Waals surface area contributed by atoms with Gasteiger partial charge in [0.05, 0.1) is 6.61 Å². The lowest BCUT2D eigenvalue weighted by Gasteiger charge is -2.28. The van der Waals surface area contributed by atoms with E-state index >= 15 is 0 Å². The maximum atomic E-state index is 6.40. The normalized spacial score (nSPS) is 20.7. The van der Waals surface area contributed by atoms with Crippen LogP contribution in [0.15, 0.2) is 18.2 Å². The number of nitrogens with two attached hydrogens (primary N) is 1. The molecule has 0 bridgehead atoms. The molecule has 3 nitrogen and oxygen atoms in total. The van der Waals surface area contributed by atoms with Crippen LogP contribution < -0.4 is 15.8 Å². The number of rotatable bonds is 2. The average molecular weight is 269 g/mol. The predicted molar refractivity (Wildman–Crippen MR) is 75.4 cm³/mol. The molecule has 0 amide bonds. The third kappa shape index (κ3) is 2.63. The minimum absolute atomic E-state index is 0. The van der Waals surface area contributed by atoms with Crippen LogP contribution in [0.4, 0.5) is 0 Å². The summed E-state index contributed by atoms with van der Waals surface area (Å²) in [5.74, 6) is 1.67. The summed E-state index contributed by atoms with van der Waals surface area (Å²) in [5.41, 5.74) is 9.00. The molecule has 0 aromatic heterocycles. The Bertz CT molecular complexity index is 405. The highest BCUT2D eigenvalue weighted by molar-refractivity contribution is 5.85. The van der Waals surface area contributed by atoms with Gasteiger partial charge in [0.2, 0.25) is 0 Å². The molecule has 0 spiro atoms. The van der Waals surface area contributed by atoms with Crippen molar-refractivity contribution in [2.75, 3.05) is 19.7 Å². The van der Waals surface area contributed by atoms with Crippen molar-refractivity contribution in [1.29, 1.82) is 0 Å². The van der Waals surface area contributed by atoms with E-state index < -0.39 is 0 Å². The van der Waals surface area contributed by atoms with Crippen molar-refractivity contribution in [2.45, 2.75) is 25.3 Å². The van der Waals surface area contributed by atoms with Crippen LogP contribution in [0.25, 0.3) is 0 Å². The van der Waals surface area contributed by atoms with E-state index in [0.29, 0.717) is 5.92 Å². The highest BCUT2D eigenvalue weighted by Gasteiger charge is 2.23. The van der Waals surface area contributed by atoms with Gasteiger partial charge < -0.3 is 15.8 Å². The second-order valence-electron chi connectivity index (χ2n) is 5.08. The van der Waals surface area contributed by atoms with Gasteiger partial charge in [0.15, 0.2) is 0 Å². The summed E-state index contributed by atoms with van der Waals surface area (Å²) >= 11 is 0. The molecule has 2 aliphatic heterocycles. The molecule has 3 N–H and O–H groups in total. The van der Waals surface area contributed by atoms with E-state index in [1.807, 2.05) is 0 Å². The number of fused-ring (bicyclic) bond motifs is 1. The monoisotopic (exact) mass is 268 g/mol. The second kappa shape index (κ2) is 5.91. The van der Waals surface area contributed by atoms with E-state index in [2.05, 4.69) is 23.5 Å². The highest BCUT2D eigenvalue weighted by Crippen LogP contribution is 2.32. The van der Waals surface area contributed by atoms with Crippen LogP contribution in [0.5, 0.6) is 5.75 Å². The van der Waals surface area contributed by atoms with Crippen molar-refractivity contribution in [3.63, 3.8) is 0 Å². The summed E-state index contributed by atoms with van der Waals surface area (Å²) in [6, 6.07) is 6.65. The first-order valence-corrected chi connectivity index (χ1v) is 6.56. The number of ether oxygens (including phenoxy) is 1. The van der Waals surface area contributed by atoms with Crippen molar-refractivity contribution >= 4 is 12.4 Å². The molecule has 2 heterocycles. The molecule has 1 aromatic rings. The largest absolute Gasteiger partial charge is 0.493 e. The Morgan fingerprint density at radius 2 is 2.06 bits per heavy atom. The third-order valence-corrected chi connectivity index (χ3v) is 3.99. The Hall–Kier alpha value is -0.770. The number of nitrogens with one attached hydrogen (secondary N) is 1. The van der Waals surface area contributed by atoms with E-state index in [1.165, 1.54) is 24.0 Å². The topological polar surface area (TPSA) is 47.3 Å². The van der Waals surface area contributed by atoms with Crippen LogP contribution in [-0.2, 0) is 6.42 Å². The number of benzene rings is 1. The van der Waals surface area contributed by atoms with Crippen LogP contribution in [0.3, 0.4) is 0 Å². The van der Waals surface area contributed by atoms with E-state index in [9.17, 15) is 0 Å². The van der Waals surface area contributed by atoms with Crippen molar-refractivity contribution in [3.05, 3.63) is 29.3 Å². The first-order chi connectivity index (χ1) is 8.34. The molecule has 1 saturated heterocycles. The molecule has 18 heavy (non-hydrogen) atoms. The van der Waals surface area contributed by atoms with E-state index in [0.717, 1.165) is 31.9 Å². The van der Waals surface area contributed by atoms with Gasteiger partial charge >= 0.3 is 0 Å². The summed E-state index contributed by atoms with van der Waals surface area (Å²) in [6.07, 6.45) is 3.41. The summed E-state index contributed by atoms with van der Waals surface area (Å²) in [4.78, 5) is 0. The number of halogens is 1. The van der Waals surface area contributed by atoms with Gasteiger partial charge in [-0.15, -0.1) is 12.4 Å².